The molecule has 2 aromatic heterocycles. The van der Waals surface area contributed by atoms with Gasteiger partial charge in [0.25, 0.3) is 0 Å². The molecule has 5 heteroatoms. The van der Waals surface area contributed by atoms with Crippen molar-refractivity contribution in [3.05, 3.63) is 24.3 Å². The summed E-state index contributed by atoms with van der Waals surface area (Å²) in [7, 11) is 4.19. The van der Waals surface area contributed by atoms with Crippen molar-refractivity contribution < 1.29 is 0 Å². The van der Waals surface area contributed by atoms with Gasteiger partial charge in [-0.1, -0.05) is 0 Å². The minimum Gasteiger partial charge on any atom is -0.328 e. The van der Waals surface area contributed by atoms with E-state index in [1.54, 1.807) is 0 Å². The molecule has 0 aliphatic rings. The van der Waals surface area contributed by atoms with Crippen LogP contribution in [0.2, 0.25) is 0 Å². The largest absolute Gasteiger partial charge is 0.328 e. The molecule has 0 saturated heterocycles. The Morgan fingerprint density at radius 1 is 1.39 bits per heavy atom. The van der Waals surface area contributed by atoms with Gasteiger partial charge in [-0.2, -0.15) is 0 Å². The number of alkyl halides is 1. The molecule has 98 valence electrons. The zero-order valence-corrected chi connectivity index (χ0v) is 11.7. The molecular weight excluding hydrogens is 248 g/mol. The summed E-state index contributed by atoms with van der Waals surface area (Å²) in [6.07, 6.45) is 5.54. The van der Waals surface area contributed by atoms with Crippen molar-refractivity contribution in [2.45, 2.75) is 19.4 Å². The Kier molecular flexibility index (Phi) is 4.55. The molecule has 4 nitrogen and oxygen atoms in total. The number of rotatable bonds is 6. The molecule has 0 saturated carbocycles. The van der Waals surface area contributed by atoms with Gasteiger partial charge in [0, 0.05) is 25.0 Å². The second-order valence-corrected chi connectivity index (χ2v) is 5.02. The highest BCUT2D eigenvalue weighted by atomic mass is 35.5. The molecular formula is C13H19ClN4. The summed E-state index contributed by atoms with van der Waals surface area (Å²) in [6.45, 7) is 2.05. The van der Waals surface area contributed by atoms with E-state index in [4.69, 9.17) is 11.6 Å². The zero-order valence-electron chi connectivity index (χ0n) is 10.9. The summed E-state index contributed by atoms with van der Waals surface area (Å²) < 4.78 is 2.27. The van der Waals surface area contributed by atoms with E-state index < -0.39 is 0 Å². The van der Waals surface area contributed by atoms with Crippen LogP contribution in [0.1, 0.15) is 12.2 Å². The number of nitrogens with zero attached hydrogens (tertiary/aromatic N) is 4. The second-order valence-electron chi connectivity index (χ2n) is 4.64. The smallest absolute Gasteiger partial charge is 0.111 e. The molecule has 0 bridgehead atoms. The predicted molar refractivity (Wildman–Crippen MR) is 75.1 cm³/mol. The summed E-state index contributed by atoms with van der Waals surface area (Å²) >= 11 is 5.84. The molecule has 0 aliphatic heterocycles. The van der Waals surface area contributed by atoms with Gasteiger partial charge in [0.15, 0.2) is 0 Å². The molecule has 0 atom stereocenters. The molecule has 0 amide bonds. The standard InChI is InChI=1S/C13H19ClN4/c1-17(2)8-3-9-18-12-5-7-15-10-11(12)16-13(18)4-6-14/h5,7,10H,3-4,6,8-9H2,1-2H3. The maximum absolute atomic E-state index is 5.84. The van der Waals surface area contributed by atoms with E-state index in [9.17, 15) is 0 Å². The highest BCUT2D eigenvalue weighted by molar-refractivity contribution is 6.17. The van der Waals surface area contributed by atoms with Crippen molar-refractivity contribution in [3.8, 4) is 0 Å². The highest BCUT2D eigenvalue weighted by Gasteiger charge is 2.09. The minimum absolute atomic E-state index is 0.602. The van der Waals surface area contributed by atoms with Crippen molar-refractivity contribution in [2.24, 2.45) is 0 Å². The van der Waals surface area contributed by atoms with Crippen LogP contribution in [0.25, 0.3) is 11.0 Å². The lowest BCUT2D eigenvalue weighted by Gasteiger charge is -2.12. The molecule has 0 fully saturated rings. The van der Waals surface area contributed by atoms with Crippen LogP contribution in [-0.2, 0) is 13.0 Å². The first-order valence-corrected chi connectivity index (χ1v) is 6.75. The van der Waals surface area contributed by atoms with Crippen molar-refractivity contribution >= 4 is 22.6 Å². The predicted octanol–water partition coefficient (Wildman–Crippen LogP) is 2.16. The molecule has 0 spiro atoms. The molecule has 0 aliphatic carbocycles. The fourth-order valence-electron chi connectivity index (χ4n) is 2.10. The number of halogens is 1. The van der Waals surface area contributed by atoms with Gasteiger partial charge in [0.05, 0.1) is 11.7 Å². The van der Waals surface area contributed by atoms with Crippen LogP contribution in [0.3, 0.4) is 0 Å². The molecule has 2 aromatic rings. The average molecular weight is 267 g/mol. The quantitative estimate of drug-likeness (QED) is 0.752. The van der Waals surface area contributed by atoms with Crippen molar-refractivity contribution in [1.82, 2.24) is 19.4 Å². The Labute approximate surface area is 113 Å². The van der Waals surface area contributed by atoms with Gasteiger partial charge in [-0.05, 0) is 33.1 Å². The summed E-state index contributed by atoms with van der Waals surface area (Å²) in [6, 6.07) is 2.02. The van der Waals surface area contributed by atoms with Crippen LogP contribution in [0.15, 0.2) is 18.5 Å². The Morgan fingerprint density at radius 2 is 2.22 bits per heavy atom. The highest BCUT2D eigenvalue weighted by Crippen LogP contribution is 2.16. The van der Waals surface area contributed by atoms with Crippen molar-refractivity contribution in [1.29, 1.82) is 0 Å². The van der Waals surface area contributed by atoms with Crippen LogP contribution in [0.4, 0.5) is 0 Å². The van der Waals surface area contributed by atoms with E-state index >= 15 is 0 Å². The zero-order chi connectivity index (χ0) is 13.0. The number of fused-ring (bicyclic) bond motifs is 1. The van der Waals surface area contributed by atoms with E-state index in [1.807, 2.05) is 18.5 Å². The fourth-order valence-corrected chi connectivity index (χ4v) is 2.27. The van der Waals surface area contributed by atoms with Crippen LogP contribution in [0, 0.1) is 0 Å². The molecule has 2 heterocycles. The van der Waals surface area contributed by atoms with E-state index in [2.05, 4.69) is 33.5 Å². The number of aryl methyl sites for hydroxylation is 2. The van der Waals surface area contributed by atoms with Gasteiger partial charge < -0.3 is 9.47 Å². The average Bonchev–Trinajstić information content (AvgIpc) is 2.68. The fraction of sp³-hybridized carbons (Fsp3) is 0.538. The Bertz CT molecular complexity index is 507. The summed E-state index contributed by atoms with van der Waals surface area (Å²) in [5.74, 6) is 1.66. The Hall–Kier alpha value is -1.13. The molecule has 0 unspecified atom stereocenters. The Balaban J connectivity index is 2.24. The normalized spacial score (nSPS) is 11.6. The first kappa shape index (κ1) is 13.3. The van der Waals surface area contributed by atoms with Crippen molar-refractivity contribution in [3.63, 3.8) is 0 Å². The van der Waals surface area contributed by atoms with Gasteiger partial charge in [0.2, 0.25) is 0 Å². The maximum Gasteiger partial charge on any atom is 0.111 e. The minimum atomic E-state index is 0.602. The van der Waals surface area contributed by atoms with Gasteiger partial charge in [-0.15, -0.1) is 11.6 Å². The number of hydrogen-bond acceptors (Lipinski definition) is 3. The summed E-state index contributed by atoms with van der Waals surface area (Å²) in [5, 5.41) is 0. The van der Waals surface area contributed by atoms with E-state index in [-0.39, 0.29) is 0 Å². The number of pyridine rings is 1. The molecule has 0 aromatic carbocycles. The topological polar surface area (TPSA) is 34.0 Å². The van der Waals surface area contributed by atoms with Gasteiger partial charge in [0.1, 0.15) is 11.3 Å². The molecule has 18 heavy (non-hydrogen) atoms. The third-order valence-electron chi connectivity index (χ3n) is 2.93. The summed E-state index contributed by atoms with van der Waals surface area (Å²) in [5.41, 5.74) is 2.12. The van der Waals surface area contributed by atoms with Crippen LogP contribution in [0.5, 0.6) is 0 Å². The molecule has 0 radical (unpaired) electrons. The number of hydrogen-bond donors (Lipinski definition) is 0. The van der Waals surface area contributed by atoms with Crippen LogP contribution >= 0.6 is 11.6 Å². The summed E-state index contributed by atoms with van der Waals surface area (Å²) in [4.78, 5) is 10.9. The molecule has 0 N–H and O–H groups in total. The second kappa shape index (κ2) is 6.16. The first-order valence-electron chi connectivity index (χ1n) is 6.22. The lowest BCUT2D eigenvalue weighted by Crippen LogP contribution is -2.16. The lowest BCUT2D eigenvalue weighted by molar-refractivity contribution is 0.386. The first-order chi connectivity index (χ1) is 8.72. The maximum atomic E-state index is 5.84. The lowest BCUT2D eigenvalue weighted by atomic mass is 10.3. The van der Waals surface area contributed by atoms with Crippen LogP contribution < -0.4 is 0 Å². The number of imidazole rings is 1. The van der Waals surface area contributed by atoms with Gasteiger partial charge >= 0.3 is 0 Å². The monoisotopic (exact) mass is 266 g/mol. The van der Waals surface area contributed by atoms with Crippen molar-refractivity contribution in [2.75, 3.05) is 26.5 Å². The third kappa shape index (κ3) is 3.00. The SMILES string of the molecule is CN(C)CCCn1c(CCCl)nc2cnccc21. The Morgan fingerprint density at radius 3 is 2.94 bits per heavy atom. The van der Waals surface area contributed by atoms with E-state index in [1.165, 1.54) is 0 Å². The molecule has 2 rings (SSSR count). The van der Waals surface area contributed by atoms with Gasteiger partial charge in [-0.3, -0.25) is 4.98 Å². The van der Waals surface area contributed by atoms with Gasteiger partial charge in [-0.25, -0.2) is 4.98 Å². The van der Waals surface area contributed by atoms with E-state index in [0.717, 1.165) is 42.8 Å². The third-order valence-corrected chi connectivity index (χ3v) is 3.12. The van der Waals surface area contributed by atoms with E-state index in [0.29, 0.717) is 5.88 Å². The number of aromatic nitrogens is 3. The van der Waals surface area contributed by atoms with Crippen LogP contribution in [-0.4, -0.2) is 46.0 Å².